The second-order valence-corrected chi connectivity index (χ2v) is 18.6. The second kappa shape index (κ2) is 26.3. The summed E-state index contributed by atoms with van der Waals surface area (Å²) in [6.45, 7) is 6.70. The molecule has 3 fully saturated rings. The number of nitrogens with zero attached hydrogens (tertiary/aromatic N) is 3. The molecule has 0 radical (unpaired) electrons. The van der Waals surface area contributed by atoms with Gasteiger partial charge in [0.15, 0.2) is 0 Å². The van der Waals surface area contributed by atoms with E-state index in [4.69, 9.17) is 5.73 Å². The number of nitrogens with one attached hydrogen (secondary N) is 6. The van der Waals surface area contributed by atoms with Crippen LogP contribution in [0.15, 0.2) is 0 Å². The van der Waals surface area contributed by atoms with Crippen LogP contribution in [-0.4, -0.2) is 195 Å². The molecule has 0 spiro atoms. The molecule has 372 valence electrons. The number of aliphatic carboxylic acids is 1. The first-order chi connectivity index (χ1) is 31.2. The fourth-order valence-electron chi connectivity index (χ4n) is 8.33. The van der Waals surface area contributed by atoms with E-state index in [1.165, 1.54) is 33.4 Å². The zero-order valence-electron chi connectivity index (χ0n) is 38.7. The Morgan fingerprint density at radius 2 is 1.06 bits per heavy atom. The second-order valence-electron chi connectivity index (χ2n) is 17.7. The molecule has 23 nitrogen and oxygen atoms in total. The summed E-state index contributed by atoms with van der Waals surface area (Å²) in [5, 5.41) is 45.1. The van der Waals surface area contributed by atoms with E-state index in [1.54, 1.807) is 13.8 Å². The minimum absolute atomic E-state index is 0.0172. The van der Waals surface area contributed by atoms with Crippen molar-refractivity contribution < 1.29 is 63.3 Å². The number of aliphatic hydroxyl groups excluding tert-OH is 2. The highest BCUT2D eigenvalue weighted by molar-refractivity contribution is 7.98. The maximum atomic E-state index is 14.0. The summed E-state index contributed by atoms with van der Waals surface area (Å²) in [5.74, 6) is -7.39. The van der Waals surface area contributed by atoms with Gasteiger partial charge in [-0.1, -0.05) is 27.7 Å². The average molecular weight is 955 g/mol. The first-order valence-corrected chi connectivity index (χ1v) is 24.0. The lowest BCUT2D eigenvalue weighted by molar-refractivity contribution is -0.146. The summed E-state index contributed by atoms with van der Waals surface area (Å²) >= 11 is 1.45. The number of likely N-dealkylation sites (tertiary alicyclic amines) is 3. The zero-order chi connectivity index (χ0) is 49.4. The molecular weight excluding hydrogens is 885 g/mol. The van der Waals surface area contributed by atoms with E-state index < -0.39 is 133 Å². The van der Waals surface area contributed by atoms with Gasteiger partial charge in [-0.2, -0.15) is 11.8 Å². The van der Waals surface area contributed by atoms with Crippen molar-refractivity contribution in [2.75, 3.05) is 51.4 Å². The van der Waals surface area contributed by atoms with E-state index in [2.05, 4.69) is 31.9 Å². The van der Waals surface area contributed by atoms with E-state index in [9.17, 15) is 63.3 Å². The first kappa shape index (κ1) is 55.3. The van der Waals surface area contributed by atoms with Crippen molar-refractivity contribution in [2.45, 2.75) is 140 Å². The summed E-state index contributed by atoms with van der Waals surface area (Å²) in [7, 11) is 0. The number of amides is 9. The van der Waals surface area contributed by atoms with Crippen LogP contribution in [0.5, 0.6) is 0 Å². The summed E-state index contributed by atoms with van der Waals surface area (Å²) in [5.41, 5.74) is 5.45. The van der Waals surface area contributed by atoms with Gasteiger partial charge in [-0.3, -0.25) is 43.2 Å². The highest BCUT2D eigenvalue weighted by Gasteiger charge is 2.43. The van der Waals surface area contributed by atoms with Crippen LogP contribution in [0.25, 0.3) is 0 Å². The van der Waals surface area contributed by atoms with E-state index >= 15 is 0 Å². The number of hydrogen-bond acceptors (Lipinski definition) is 14. The van der Waals surface area contributed by atoms with Crippen LogP contribution in [0.3, 0.4) is 0 Å². The quantitative estimate of drug-likeness (QED) is 0.0447. The molecule has 0 aromatic carbocycles. The fraction of sp³-hybridized carbons (Fsp3) is 0.762. The third-order valence-electron chi connectivity index (χ3n) is 11.9. The van der Waals surface area contributed by atoms with Gasteiger partial charge in [0.1, 0.15) is 54.4 Å². The van der Waals surface area contributed by atoms with Gasteiger partial charge in [0.05, 0.1) is 19.8 Å². The first-order valence-electron chi connectivity index (χ1n) is 22.6. The van der Waals surface area contributed by atoms with Gasteiger partial charge < -0.3 is 67.7 Å². The summed E-state index contributed by atoms with van der Waals surface area (Å²) in [6.07, 6.45) is 4.21. The lowest BCUT2D eigenvalue weighted by Crippen LogP contribution is -2.60. The van der Waals surface area contributed by atoms with E-state index in [0.717, 1.165) is 0 Å². The predicted molar refractivity (Wildman–Crippen MR) is 240 cm³/mol. The monoisotopic (exact) mass is 954 g/mol. The Balaban J connectivity index is 1.64. The Morgan fingerprint density at radius 3 is 1.50 bits per heavy atom. The minimum Gasteiger partial charge on any atom is -0.480 e. The molecular formula is C42H70N10O13S. The molecule has 3 aliphatic rings. The van der Waals surface area contributed by atoms with Crippen LogP contribution in [-0.2, 0) is 47.9 Å². The predicted octanol–water partition coefficient (Wildman–Crippen LogP) is -3.63. The summed E-state index contributed by atoms with van der Waals surface area (Å²) in [6, 6.07) is -10.7. The van der Waals surface area contributed by atoms with E-state index in [1.807, 2.05) is 20.1 Å². The van der Waals surface area contributed by atoms with Crippen LogP contribution in [0.2, 0.25) is 0 Å². The molecule has 66 heavy (non-hydrogen) atoms. The molecule has 0 saturated carbocycles. The van der Waals surface area contributed by atoms with E-state index in [-0.39, 0.29) is 64.2 Å². The molecule has 0 unspecified atom stereocenters. The molecule has 24 heteroatoms. The Morgan fingerprint density at radius 1 is 0.606 bits per heavy atom. The smallest absolute Gasteiger partial charge is 0.326 e. The van der Waals surface area contributed by atoms with Gasteiger partial charge in [-0.15, -0.1) is 0 Å². The third-order valence-corrected chi connectivity index (χ3v) is 12.5. The highest BCUT2D eigenvalue weighted by Crippen LogP contribution is 2.23. The molecule has 0 aromatic heterocycles. The zero-order valence-corrected chi connectivity index (χ0v) is 39.5. The molecule has 0 bridgehead atoms. The Labute approximate surface area is 389 Å². The molecule has 9 atom stereocenters. The fourth-order valence-corrected chi connectivity index (χ4v) is 8.81. The van der Waals surface area contributed by atoms with Gasteiger partial charge in [0.2, 0.25) is 53.2 Å². The van der Waals surface area contributed by atoms with Crippen molar-refractivity contribution >= 4 is 70.9 Å². The third kappa shape index (κ3) is 15.0. The van der Waals surface area contributed by atoms with Gasteiger partial charge >= 0.3 is 5.97 Å². The van der Waals surface area contributed by atoms with Gasteiger partial charge in [0.25, 0.3) is 0 Å². The van der Waals surface area contributed by atoms with Crippen molar-refractivity contribution in [1.82, 2.24) is 46.6 Å². The maximum absolute atomic E-state index is 14.0. The van der Waals surface area contributed by atoms with Crippen molar-refractivity contribution in [3.63, 3.8) is 0 Å². The Hall–Kier alpha value is -5.07. The lowest BCUT2D eigenvalue weighted by atomic mass is 10.0. The number of aliphatic hydroxyl groups is 2. The van der Waals surface area contributed by atoms with Crippen molar-refractivity contribution in [2.24, 2.45) is 17.6 Å². The standard InChI is InChI=1S/C42H70N10O13S/c1-22(2)18-26(45-32(55)19-43)34(56)46-25(13-17-66-6)40(62)51-15-8-11-30(51)36(58)47-27(20-53)35(57)44-24(5)39(61)50-14-7-10-29(50)37(59)48-28(21-54)41(63)52-16-9-12-31(52)38(60)49-33(23(3)4)42(64)65/h22-31,33,53-54H,7-21,43H2,1-6H3,(H,44,57)(H,45,55)(H,46,56)(H,47,58)(H,48,59)(H,49,60)(H,64,65)/t24-,25-,26-,27-,28-,29-,30-,31-,33-/m0/s1. The topological polar surface area (TPSA) is 339 Å². The number of carboxylic acid groups (broad SMARTS) is 1. The number of carbonyl (C=O) groups excluding carboxylic acids is 9. The number of carboxylic acids is 1. The molecule has 3 heterocycles. The SMILES string of the molecule is CSCC[C@H](NC(=O)[C@H](CC(C)C)NC(=O)CN)C(=O)N1CCC[C@H]1C(=O)N[C@@H](CO)C(=O)N[C@@H](C)C(=O)N1CCC[C@H]1C(=O)N[C@@H](CO)C(=O)N1CCC[C@H]1C(=O)N[C@H](C(=O)O)C(C)C. The molecule has 3 saturated heterocycles. The highest BCUT2D eigenvalue weighted by atomic mass is 32.2. The molecule has 3 aliphatic heterocycles. The molecule has 3 rings (SSSR count). The number of thioether (sulfide) groups is 1. The van der Waals surface area contributed by atoms with Crippen LogP contribution >= 0.6 is 11.8 Å². The molecule has 11 N–H and O–H groups in total. The van der Waals surface area contributed by atoms with Gasteiger partial charge in [-0.05, 0) is 82.1 Å². The minimum atomic E-state index is -1.55. The molecule has 0 aliphatic carbocycles. The number of hydrogen-bond donors (Lipinski definition) is 10. The molecule has 9 amide bonds. The van der Waals surface area contributed by atoms with Crippen molar-refractivity contribution in [3.05, 3.63) is 0 Å². The number of nitrogens with two attached hydrogens (primary N) is 1. The largest absolute Gasteiger partial charge is 0.480 e. The van der Waals surface area contributed by atoms with Crippen LogP contribution < -0.4 is 37.6 Å². The lowest BCUT2D eigenvalue weighted by Gasteiger charge is -2.31. The normalized spacial score (nSPS) is 21.0. The van der Waals surface area contributed by atoms with Crippen LogP contribution in [0, 0.1) is 11.8 Å². The van der Waals surface area contributed by atoms with Crippen LogP contribution in [0.1, 0.15) is 86.0 Å². The Kier molecular flexibility index (Phi) is 22.0. The van der Waals surface area contributed by atoms with Crippen molar-refractivity contribution in [1.29, 1.82) is 0 Å². The van der Waals surface area contributed by atoms with Gasteiger partial charge in [0, 0.05) is 19.6 Å². The van der Waals surface area contributed by atoms with E-state index in [0.29, 0.717) is 25.0 Å². The maximum Gasteiger partial charge on any atom is 0.326 e. The number of rotatable bonds is 24. The van der Waals surface area contributed by atoms with Gasteiger partial charge in [-0.25, -0.2) is 4.79 Å². The Bertz CT molecular complexity index is 1770. The van der Waals surface area contributed by atoms with Crippen LogP contribution in [0.4, 0.5) is 0 Å². The molecule has 0 aromatic rings. The number of carbonyl (C=O) groups is 10. The summed E-state index contributed by atoms with van der Waals surface area (Å²) in [4.78, 5) is 136. The van der Waals surface area contributed by atoms with Crippen molar-refractivity contribution in [3.8, 4) is 0 Å². The average Bonchev–Trinajstić information content (AvgIpc) is 4.08. The summed E-state index contributed by atoms with van der Waals surface area (Å²) < 4.78 is 0.